The number of esters is 1. The molecule has 6 atom stereocenters. The molecule has 3 aliphatic carbocycles. The van der Waals surface area contributed by atoms with Crippen molar-refractivity contribution < 1.29 is 24.2 Å². The second-order valence-corrected chi connectivity index (χ2v) is 9.56. The molecule has 0 unspecified atom stereocenters. The molecular formula is C21H30O5. The zero-order chi connectivity index (χ0) is 19.1. The highest BCUT2D eigenvalue weighted by atomic mass is 16.6. The first-order chi connectivity index (χ1) is 12.1. The first-order valence-corrected chi connectivity index (χ1v) is 9.83. The van der Waals surface area contributed by atoms with Gasteiger partial charge in [-0.2, -0.15) is 0 Å². The molecule has 5 nitrogen and oxygen atoms in total. The number of carbonyl (C=O) groups excluding carboxylic acids is 2. The third kappa shape index (κ3) is 1.89. The lowest BCUT2D eigenvalue weighted by molar-refractivity contribution is -0.167. The number of carbonyl (C=O) groups is 2. The van der Waals surface area contributed by atoms with Crippen LogP contribution in [0, 0.1) is 22.7 Å². The van der Waals surface area contributed by atoms with Gasteiger partial charge >= 0.3 is 5.97 Å². The number of ketones is 1. The maximum atomic E-state index is 13.0. The van der Waals surface area contributed by atoms with E-state index in [9.17, 15) is 14.7 Å². The van der Waals surface area contributed by atoms with Gasteiger partial charge in [-0.25, -0.2) is 0 Å². The maximum Gasteiger partial charge on any atom is 0.311 e. The number of hydrogen-bond donors (Lipinski definition) is 1. The lowest BCUT2D eigenvalue weighted by Gasteiger charge is -2.59. The summed E-state index contributed by atoms with van der Waals surface area (Å²) in [6.45, 7) is 8.05. The molecule has 144 valence electrons. The van der Waals surface area contributed by atoms with Crippen LogP contribution < -0.4 is 0 Å². The Balaban J connectivity index is 1.81. The molecule has 4 aliphatic rings. The molecule has 26 heavy (non-hydrogen) atoms. The molecule has 1 saturated heterocycles. The highest BCUT2D eigenvalue weighted by molar-refractivity contribution is 6.03. The minimum atomic E-state index is -1.10. The summed E-state index contributed by atoms with van der Waals surface area (Å²) in [5.41, 5.74) is -2.14. The minimum Gasteiger partial charge on any atom is -0.469 e. The number of ether oxygens (including phenoxy) is 2. The Bertz CT molecular complexity index is 711. The third-order valence-corrected chi connectivity index (χ3v) is 8.08. The van der Waals surface area contributed by atoms with E-state index in [4.69, 9.17) is 9.47 Å². The molecule has 0 amide bonds. The molecule has 0 aromatic heterocycles. The predicted octanol–water partition coefficient (Wildman–Crippen LogP) is 2.80. The van der Waals surface area contributed by atoms with E-state index in [1.807, 2.05) is 20.8 Å². The summed E-state index contributed by atoms with van der Waals surface area (Å²) in [4.78, 5) is 25.6. The molecule has 1 N–H and O–H groups in total. The Labute approximate surface area is 155 Å². The van der Waals surface area contributed by atoms with E-state index in [1.54, 1.807) is 6.08 Å². The molecule has 3 fully saturated rings. The Kier molecular flexibility index (Phi) is 3.63. The van der Waals surface area contributed by atoms with Gasteiger partial charge in [0.15, 0.2) is 11.4 Å². The summed E-state index contributed by atoms with van der Waals surface area (Å²) < 4.78 is 11.0. The first-order valence-electron chi connectivity index (χ1n) is 9.83. The summed E-state index contributed by atoms with van der Waals surface area (Å²) in [7, 11) is 1.44. The molecule has 1 heterocycles. The van der Waals surface area contributed by atoms with E-state index in [0.717, 1.165) is 31.3 Å². The fourth-order valence-corrected chi connectivity index (χ4v) is 6.63. The van der Waals surface area contributed by atoms with Crippen LogP contribution in [0.2, 0.25) is 0 Å². The van der Waals surface area contributed by atoms with Crippen molar-refractivity contribution in [1.29, 1.82) is 0 Å². The molecular weight excluding hydrogens is 332 g/mol. The standard InChI is InChI=1S/C21H30O5/c1-12(2)21-15(22)11-14-18(3)8-6-9-19(4,17(23)25-5)13(18)7-10-20(14,24)16(21)26-21/h11-13,16,24H,6-10H2,1-5H3/t13-,16+,18+,19-,20-,21-/m1/s1. The van der Waals surface area contributed by atoms with Crippen LogP contribution in [-0.2, 0) is 19.1 Å². The van der Waals surface area contributed by atoms with Crippen LogP contribution >= 0.6 is 0 Å². The highest BCUT2D eigenvalue weighted by Gasteiger charge is 2.76. The molecule has 0 spiro atoms. The van der Waals surface area contributed by atoms with Crippen molar-refractivity contribution in [2.24, 2.45) is 22.7 Å². The quantitative estimate of drug-likeness (QED) is 0.604. The average Bonchev–Trinajstić information content (AvgIpc) is 3.35. The van der Waals surface area contributed by atoms with Gasteiger partial charge in [-0.15, -0.1) is 0 Å². The fourth-order valence-electron chi connectivity index (χ4n) is 6.63. The Hall–Kier alpha value is -1.20. The van der Waals surface area contributed by atoms with Crippen LogP contribution in [-0.4, -0.2) is 41.3 Å². The third-order valence-electron chi connectivity index (χ3n) is 8.08. The molecule has 2 saturated carbocycles. The number of rotatable bonds is 2. The van der Waals surface area contributed by atoms with Crippen molar-refractivity contribution in [2.45, 2.75) is 77.1 Å². The monoisotopic (exact) mass is 362 g/mol. The number of hydrogen-bond acceptors (Lipinski definition) is 5. The van der Waals surface area contributed by atoms with Gasteiger partial charge in [-0.05, 0) is 61.5 Å². The summed E-state index contributed by atoms with van der Waals surface area (Å²) >= 11 is 0. The van der Waals surface area contributed by atoms with Gasteiger partial charge in [0.1, 0.15) is 11.7 Å². The van der Waals surface area contributed by atoms with Crippen molar-refractivity contribution >= 4 is 11.8 Å². The second-order valence-electron chi connectivity index (χ2n) is 9.56. The Morgan fingerprint density at radius 2 is 2.00 bits per heavy atom. The Morgan fingerprint density at radius 1 is 1.31 bits per heavy atom. The summed E-state index contributed by atoms with van der Waals surface area (Å²) in [5, 5.41) is 11.6. The number of aliphatic hydroxyl groups is 1. The van der Waals surface area contributed by atoms with Gasteiger partial charge in [0.05, 0.1) is 12.5 Å². The highest BCUT2D eigenvalue weighted by Crippen LogP contribution is 2.67. The van der Waals surface area contributed by atoms with Crippen LogP contribution in [0.3, 0.4) is 0 Å². The second kappa shape index (κ2) is 5.20. The van der Waals surface area contributed by atoms with Crippen LogP contribution in [0.15, 0.2) is 11.6 Å². The van der Waals surface area contributed by atoms with Crippen molar-refractivity contribution in [2.75, 3.05) is 7.11 Å². The van der Waals surface area contributed by atoms with Crippen LogP contribution in [0.4, 0.5) is 0 Å². The fraction of sp³-hybridized carbons (Fsp3) is 0.810. The molecule has 0 bridgehead atoms. The molecule has 0 aromatic rings. The van der Waals surface area contributed by atoms with E-state index in [0.29, 0.717) is 6.42 Å². The SMILES string of the molecule is COC(=O)[C@]1(C)CCC[C@]2(C)C3=CC(=O)[C@@]4(C(C)C)O[C@H]4[C@@]3(O)CC[C@@H]12. The summed E-state index contributed by atoms with van der Waals surface area (Å²) in [5.74, 6) is -0.120. The smallest absolute Gasteiger partial charge is 0.311 e. The molecule has 0 radical (unpaired) electrons. The van der Waals surface area contributed by atoms with Crippen molar-refractivity contribution in [1.82, 2.24) is 0 Å². The molecule has 1 aliphatic heterocycles. The largest absolute Gasteiger partial charge is 0.469 e. The topological polar surface area (TPSA) is 76.1 Å². The van der Waals surface area contributed by atoms with E-state index in [1.165, 1.54) is 7.11 Å². The van der Waals surface area contributed by atoms with E-state index < -0.39 is 22.7 Å². The van der Waals surface area contributed by atoms with Gasteiger partial charge < -0.3 is 14.6 Å². The number of epoxide rings is 1. The van der Waals surface area contributed by atoms with E-state index >= 15 is 0 Å². The average molecular weight is 362 g/mol. The number of fused-ring (bicyclic) bond motifs is 5. The van der Waals surface area contributed by atoms with Crippen molar-refractivity contribution in [3.8, 4) is 0 Å². The van der Waals surface area contributed by atoms with E-state index in [2.05, 4.69) is 6.92 Å². The maximum absolute atomic E-state index is 13.0. The lowest BCUT2D eigenvalue weighted by atomic mass is 9.45. The van der Waals surface area contributed by atoms with Crippen molar-refractivity contribution in [3.05, 3.63) is 11.6 Å². The van der Waals surface area contributed by atoms with Crippen molar-refractivity contribution in [3.63, 3.8) is 0 Å². The van der Waals surface area contributed by atoms with Gasteiger partial charge in [0.2, 0.25) is 0 Å². The Morgan fingerprint density at radius 3 is 2.62 bits per heavy atom. The van der Waals surface area contributed by atoms with E-state index in [-0.39, 0.29) is 29.0 Å². The van der Waals surface area contributed by atoms with Crippen LogP contribution in [0.5, 0.6) is 0 Å². The predicted molar refractivity (Wildman–Crippen MR) is 95.3 cm³/mol. The normalized spacial score (nSPS) is 49.7. The zero-order valence-electron chi connectivity index (χ0n) is 16.4. The molecule has 4 rings (SSSR count). The van der Waals surface area contributed by atoms with Gasteiger partial charge in [-0.3, -0.25) is 9.59 Å². The summed E-state index contributed by atoms with van der Waals surface area (Å²) in [6.07, 6.45) is 5.00. The number of methoxy groups -OCH3 is 1. The van der Waals surface area contributed by atoms with Gasteiger partial charge in [0, 0.05) is 0 Å². The van der Waals surface area contributed by atoms with Gasteiger partial charge in [-0.1, -0.05) is 27.2 Å². The minimum absolute atomic E-state index is 0.0237. The van der Waals surface area contributed by atoms with Gasteiger partial charge in [0.25, 0.3) is 0 Å². The molecule has 5 heteroatoms. The first kappa shape index (κ1) is 18.2. The van der Waals surface area contributed by atoms with Crippen LogP contribution in [0.25, 0.3) is 0 Å². The van der Waals surface area contributed by atoms with Crippen LogP contribution in [0.1, 0.15) is 59.8 Å². The zero-order valence-corrected chi connectivity index (χ0v) is 16.4. The molecule has 0 aromatic carbocycles. The summed E-state index contributed by atoms with van der Waals surface area (Å²) in [6, 6.07) is 0. The lowest BCUT2D eigenvalue weighted by Crippen LogP contribution is -2.61.